The topological polar surface area (TPSA) is 73.2 Å². The maximum absolute atomic E-state index is 13.1. The molecule has 29 heavy (non-hydrogen) atoms. The van der Waals surface area contributed by atoms with E-state index in [1.54, 1.807) is 30.5 Å². The summed E-state index contributed by atoms with van der Waals surface area (Å²) in [5.41, 5.74) is 1.16. The number of hydrogen-bond donors (Lipinski definition) is 1. The van der Waals surface area contributed by atoms with Crippen LogP contribution in [0.1, 0.15) is 36.2 Å². The van der Waals surface area contributed by atoms with Crippen molar-refractivity contribution >= 4 is 28.5 Å². The van der Waals surface area contributed by atoms with Crippen LogP contribution in [0.3, 0.4) is 0 Å². The number of amides is 1. The zero-order valence-corrected chi connectivity index (χ0v) is 17.3. The first-order valence-electron chi connectivity index (χ1n) is 9.58. The van der Waals surface area contributed by atoms with Crippen molar-refractivity contribution in [2.45, 2.75) is 32.9 Å². The van der Waals surface area contributed by atoms with Crippen molar-refractivity contribution < 1.29 is 9.53 Å². The van der Waals surface area contributed by atoms with Crippen LogP contribution in [-0.4, -0.2) is 34.7 Å². The number of benzene rings is 1. The molecule has 3 aromatic rings. The molecule has 6 nitrogen and oxygen atoms in total. The molecule has 0 bridgehead atoms. The first-order chi connectivity index (χ1) is 14.0. The molecule has 2 aromatic heterocycles. The van der Waals surface area contributed by atoms with Crippen LogP contribution in [0.2, 0.25) is 5.02 Å². The molecule has 0 spiro atoms. The molecule has 7 heteroatoms. The van der Waals surface area contributed by atoms with Crippen molar-refractivity contribution in [3.63, 3.8) is 0 Å². The van der Waals surface area contributed by atoms with Crippen LogP contribution in [0.4, 0.5) is 0 Å². The predicted molar refractivity (Wildman–Crippen MR) is 115 cm³/mol. The molecule has 0 saturated heterocycles. The van der Waals surface area contributed by atoms with E-state index in [1.807, 2.05) is 32.0 Å². The van der Waals surface area contributed by atoms with Crippen molar-refractivity contribution in [1.82, 2.24) is 14.9 Å². The lowest BCUT2D eigenvalue weighted by Gasteiger charge is -2.13. The van der Waals surface area contributed by atoms with Gasteiger partial charge in [0.1, 0.15) is 11.2 Å². The highest BCUT2D eigenvalue weighted by Gasteiger charge is 2.16. The second-order valence-corrected chi connectivity index (χ2v) is 7.46. The Hall–Kier alpha value is -2.70. The van der Waals surface area contributed by atoms with Crippen LogP contribution < -0.4 is 10.9 Å². The molecular weight excluding hydrogens is 390 g/mol. The SMILES string of the molecule is CC(C)OCCCNC(=O)c1cc2cccnc2n(Cc2ccc(Cl)cc2)c1=O. The normalized spacial score (nSPS) is 11.2. The van der Waals surface area contributed by atoms with Crippen molar-refractivity contribution in [2.24, 2.45) is 0 Å². The van der Waals surface area contributed by atoms with E-state index in [0.717, 1.165) is 10.9 Å². The third-order valence-electron chi connectivity index (χ3n) is 4.40. The van der Waals surface area contributed by atoms with Gasteiger partial charge in [0.25, 0.3) is 11.5 Å². The number of carbonyl (C=O) groups is 1. The average Bonchev–Trinajstić information content (AvgIpc) is 2.70. The minimum atomic E-state index is -0.393. The number of aromatic nitrogens is 2. The number of nitrogens with zero attached hydrogens (tertiary/aromatic N) is 2. The molecule has 0 aliphatic heterocycles. The van der Waals surface area contributed by atoms with Crippen molar-refractivity contribution in [1.29, 1.82) is 0 Å². The maximum atomic E-state index is 13.1. The number of carbonyl (C=O) groups excluding carboxylic acids is 1. The third-order valence-corrected chi connectivity index (χ3v) is 4.66. The fourth-order valence-corrected chi connectivity index (χ4v) is 3.10. The van der Waals surface area contributed by atoms with Crippen molar-refractivity contribution in [3.05, 3.63) is 75.2 Å². The van der Waals surface area contributed by atoms with Gasteiger partial charge in [-0.25, -0.2) is 4.98 Å². The molecule has 1 aromatic carbocycles. The smallest absolute Gasteiger partial charge is 0.265 e. The van der Waals surface area contributed by atoms with Gasteiger partial charge < -0.3 is 10.1 Å². The van der Waals surface area contributed by atoms with Crippen molar-refractivity contribution in [2.75, 3.05) is 13.2 Å². The first-order valence-corrected chi connectivity index (χ1v) is 9.96. The highest BCUT2D eigenvalue weighted by molar-refractivity contribution is 6.30. The van der Waals surface area contributed by atoms with Gasteiger partial charge in [-0.15, -0.1) is 0 Å². The zero-order chi connectivity index (χ0) is 20.8. The van der Waals surface area contributed by atoms with E-state index in [4.69, 9.17) is 16.3 Å². The molecule has 0 aliphatic carbocycles. The molecule has 2 heterocycles. The summed E-state index contributed by atoms with van der Waals surface area (Å²) >= 11 is 5.95. The number of hydrogen-bond acceptors (Lipinski definition) is 4. The molecule has 1 N–H and O–H groups in total. The maximum Gasteiger partial charge on any atom is 0.265 e. The van der Waals surface area contributed by atoms with Gasteiger partial charge >= 0.3 is 0 Å². The number of fused-ring (bicyclic) bond motifs is 1. The van der Waals surface area contributed by atoms with Gasteiger partial charge in [-0.05, 0) is 56.2 Å². The molecule has 0 fully saturated rings. The quantitative estimate of drug-likeness (QED) is 0.572. The van der Waals surface area contributed by atoms with Gasteiger partial charge in [0.15, 0.2) is 0 Å². The lowest BCUT2D eigenvalue weighted by atomic mass is 10.1. The number of halogens is 1. The van der Waals surface area contributed by atoms with Gasteiger partial charge in [-0.3, -0.25) is 14.2 Å². The summed E-state index contributed by atoms with van der Waals surface area (Å²) in [7, 11) is 0. The Morgan fingerprint density at radius 3 is 2.72 bits per heavy atom. The first kappa shape index (κ1) is 21.0. The molecule has 0 saturated carbocycles. The molecule has 152 valence electrons. The largest absolute Gasteiger partial charge is 0.379 e. The highest BCUT2D eigenvalue weighted by Crippen LogP contribution is 2.15. The number of rotatable bonds is 8. The average molecular weight is 414 g/mol. The fourth-order valence-electron chi connectivity index (χ4n) is 2.98. The van der Waals surface area contributed by atoms with E-state index in [2.05, 4.69) is 10.3 Å². The van der Waals surface area contributed by atoms with Gasteiger partial charge in [0.2, 0.25) is 0 Å². The Kier molecular flexibility index (Phi) is 7.01. The Balaban J connectivity index is 1.86. The van der Waals surface area contributed by atoms with Crippen LogP contribution in [-0.2, 0) is 11.3 Å². The fraction of sp³-hybridized carbons (Fsp3) is 0.318. The lowest BCUT2D eigenvalue weighted by Crippen LogP contribution is -2.34. The van der Waals surface area contributed by atoms with E-state index in [1.165, 1.54) is 4.57 Å². The minimum Gasteiger partial charge on any atom is -0.379 e. The van der Waals surface area contributed by atoms with E-state index in [-0.39, 0.29) is 17.2 Å². The van der Waals surface area contributed by atoms with Gasteiger partial charge in [-0.2, -0.15) is 0 Å². The Bertz CT molecular complexity index is 1050. The molecule has 0 unspecified atom stereocenters. The van der Waals surface area contributed by atoms with Crippen LogP contribution in [0.15, 0.2) is 53.5 Å². The second-order valence-electron chi connectivity index (χ2n) is 7.02. The lowest BCUT2D eigenvalue weighted by molar-refractivity contribution is 0.0757. The number of nitrogens with one attached hydrogen (secondary N) is 1. The summed E-state index contributed by atoms with van der Waals surface area (Å²) < 4.78 is 6.99. The van der Waals surface area contributed by atoms with E-state index >= 15 is 0 Å². The number of pyridine rings is 2. The summed E-state index contributed by atoms with van der Waals surface area (Å²) in [6.07, 6.45) is 2.46. The van der Waals surface area contributed by atoms with E-state index < -0.39 is 5.91 Å². The van der Waals surface area contributed by atoms with Gasteiger partial charge in [-0.1, -0.05) is 23.7 Å². The molecule has 0 atom stereocenters. The van der Waals surface area contributed by atoms with Gasteiger partial charge in [0, 0.05) is 29.8 Å². The highest BCUT2D eigenvalue weighted by atomic mass is 35.5. The summed E-state index contributed by atoms with van der Waals surface area (Å²) in [5, 5.41) is 4.16. The second kappa shape index (κ2) is 9.67. The monoisotopic (exact) mass is 413 g/mol. The van der Waals surface area contributed by atoms with Crippen molar-refractivity contribution in [3.8, 4) is 0 Å². The number of ether oxygens (including phenoxy) is 1. The van der Waals surface area contributed by atoms with Crippen LogP contribution >= 0.6 is 11.6 Å². The zero-order valence-electron chi connectivity index (χ0n) is 16.5. The summed E-state index contributed by atoms with van der Waals surface area (Å²) in [5.74, 6) is -0.393. The molecule has 0 radical (unpaired) electrons. The van der Waals surface area contributed by atoms with Crippen LogP contribution in [0.25, 0.3) is 11.0 Å². The Morgan fingerprint density at radius 2 is 2.00 bits per heavy atom. The summed E-state index contributed by atoms with van der Waals surface area (Å²) in [6, 6.07) is 12.5. The molecule has 1 amide bonds. The van der Waals surface area contributed by atoms with Gasteiger partial charge in [0.05, 0.1) is 12.6 Å². The minimum absolute atomic E-state index is 0.101. The van der Waals surface area contributed by atoms with Crippen LogP contribution in [0.5, 0.6) is 0 Å². The third kappa shape index (κ3) is 5.43. The Morgan fingerprint density at radius 1 is 1.24 bits per heavy atom. The molecule has 3 rings (SSSR count). The standard InChI is InChI=1S/C22H24ClN3O3/c1-15(2)29-12-4-11-25-21(27)19-13-17-5-3-10-24-20(17)26(22(19)28)14-16-6-8-18(23)9-7-16/h3,5-10,13,15H,4,11-12,14H2,1-2H3,(H,25,27). The van der Waals surface area contributed by atoms with Crippen LogP contribution in [0, 0.1) is 0 Å². The van der Waals surface area contributed by atoms with E-state index in [0.29, 0.717) is 36.8 Å². The predicted octanol–water partition coefficient (Wildman–Crippen LogP) is 3.64. The molecular formula is C22H24ClN3O3. The van der Waals surface area contributed by atoms with E-state index in [9.17, 15) is 9.59 Å². The summed E-state index contributed by atoms with van der Waals surface area (Å²) in [6.45, 7) is 5.22. The molecule has 0 aliphatic rings. The summed E-state index contributed by atoms with van der Waals surface area (Å²) in [4.78, 5) is 30.1. The Labute approximate surface area is 174 Å².